The molecule has 0 spiro atoms. The van der Waals surface area contributed by atoms with E-state index in [0.717, 1.165) is 25.7 Å². The molecule has 1 aromatic carbocycles. The highest BCUT2D eigenvalue weighted by Gasteiger charge is 2.16. The lowest BCUT2D eigenvalue weighted by Crippen LogP contribution is -2.36. The summed E-state index contributed by atoms with van der Waals surface area (Å²) >= 11 is 0. The van der Waals surface area contributed by atoms with Gasteiger partial charge in [-0.3, -0.25) is 9.59 Å². The fourth-order valence-corrected chi connectivity index (χ4v) is 3.38. The summed E-state index contributed by atoms with van der Waals surface area (Å²) in [7, 11) is 3.10. The molecule has 1 saturated carbocycles. The van der Waals surface area contributed by atoms with Gasteiger partial charge in [-0.25, -0.2) is 0 Å². The Hall–Kier alpha value is -2.90. The van der Waals surface area contributed by atoms with E-state index in [1.807, 2.05) is 0 Å². The molecule has 0 atom stereocenters. The van der Waals surface area contributed by atoms with Gasteiger partial charge in [0.15, 0.2) is 5.82 Å². The van der Waals surface area contributed by atoms with Crippen LogP contribution in [0, 0.1) is 0 Å². The zero-order valence-electron chi connectivity index (χ0n) is 16.3. The number of rotatable bonds is 7. The molecule has 1 aliphatic carbocycles. The van der Waals surface area contributed by atoms with Crippen molar-refractivity contribution in [2.75, 3.05) is 14.2 Å². The van der Waals surface area contributed by atoms with Gasteiger partial charge in [-0.1, -0.05) is 19.3 Å². The molecule has 150 valence electrons. The minimum Gasteiger partial charge on any atom is -0.497 e. The van der Waals surface area contributed by atoms with E-state index in [2.05, 4.69) is 20.5 Å². The normalized spacial score (nSPS) is 14.5. The number of aromatic amines is 1. The average molecular weight is 386 g/mol. The minimum absolute atomic E-state index is 0.0466. The van der Waals surface area contributed by atoms with Gasteiger partial charge < -0.3 is 19.8 Å². The number of benzene rings is 1. The molecule has 2 aromatic rings. The van der Waals surface area contributed by atoms with E-state index in [9.17, 15) is 9.59 Å². The van der Waals surface area contributed by atoms with Gasteiger partial charge in [-0.2, -0.15) is 0 Å². The van der Waals surface area contributed by atoms with Crippen molar-refractivity contribution in [1.82, 2.24) is 20.5 Å². The molecule has 1 aromatic heterocycles. The van der Waals surface area contributed by atoms with Crippen molar-refractivity contribution >= 4 is 5.91 Å². The number of nitrogens with zero attached hydrogens (tertiary/aromatic N) is 2. The zero-order valence-corrected chi connectivity index (χ0v) is 16.3. The van der Waals surface area contributed by atoms with Crippen LogP contribution in [0.25, 0.3) is 11.4 Å². The molecule has 8 nitrogen and oxygen atoms in total. The van der Waals surface area contributed by atoms with Crippen molar-refractivity contribution in [2.45, 2.75) is 51.0 Å². The van der Waals surface area contributed by atoms with Gasteiger partial charge in [0.2, 0.25) is 5.91 Å². The number of hydrogen-bond acceptors (Lipinski definition) is 6. The second-order valence-electron chi connectivity index (χ2n) is 6.95. The van der Waals surface area contributed by atoms with Crippen LogP contribution in [0.15, 0.2) is 23.0 Å². The Morgan fingerprint density at radius 2 is 1.79 bits per heavy atom. The van der Waals surface area contributed by atoms with Crippen LogP contribution >= 0.6 is 0 Å². The molecule has 0 saturated heterocycles. The molecule has 0 radical (unpaired) electrons. The molecule has 1 heterocycles. The van der Waals surface area contributed by atoms with Gasteiger partial charge in [-0.05, 0) is 25.0 Å². The van der Waals surface area contributed by atoms with Crippen LogP contribution in [-0.4, -0.2) is 41.3 Å². The van der Waals surface area contributed by atoms with E-state index < -0.39 is 0 Å². The van der Waals surface area contributed by atoms with E-state index in [4.69, 9.17) is 9.47 Å². The molecular weight excluding hydrogens is 360 g/mol. The number of carbonyl (C=O) groups excluding carboxylic acids is 1. The van der Waals surface area contributed by atoms with Crippen LogP contribution in [0.3, 0.4) is 0 Å². The maximum atomic E-state index is 12.4. The standard InChI is InChI=1S/C20H26N4O4/c1-27-15-10-13(11-16(12-15)28-2)19-22-20(26)17(23-24-19)8-9-18(25)21-14-6-4-3-5-7-14/h10-12,14H,3-9H2,1-2H3,(H,21,25)(H,22,24,26). The Morgan fingerprint density at radius 3 is 2.39 bits per heavy atom. The van der Waals surface area contributed by atoms with Gasteiger partial charge in [0, 0.05) is 30.5 Å². The predicted octanol–water partition coefficient (Wildman–Crippen LogP) is 2.23. The van der Waals surface area contributed by atoms with Crippen LogP contribution in [0.5, 0.6) is 11.5 Å². The van der Waals surface area contributed by atoms with Crippen molar-refractivity contribution in [3.63, 3.8) is 0 Å². The molecule has 1 amide bonds. The maximum Gasteiger partial charge on any atom is 0.273 e. The van der Waals surface area contributed by atoms with E-state index in [-0.39, 0.29) is 36.0 Å². The molecule has 2 N–H and O–H groups in total. The van der Waals surface area contributed by atoms with Gasteiger partial charge in [0.05, 0.1) is 14.2 Å². The average Bonchev–Trinajstić information content (AvgIpc) is 2.73. The molecule has 3 rings (SSSR count). The lowest BCUT2D eigenvalue weighted by Gasteiger charge is -2.22. The van der Waals surface area contributed by atoms with Crippen molar-refractivity contribution in [3.8, 4) is 22.9 Å². The Kier molecular flexibility index (Phi) is 6.62. The van der Waals surface area contributed by atoms with Crippen LogP contribution in [0.2, 0.25) is 0 Å². The van der Waals surface area contributed by atoms with Gasteiger partial charge >= 0.3 is 0 Å². The Labute approximate surface area is 163 Å². The third kappa shape index (κ3) is 5.09. The number of H-pyrrole nitrogens is 1. The summed E-state index contributed by atoms with van der Waals surface area (Å²) in [6.45, 7) is 0. The number of hydrogen-bond donors (Lipinski definition) is 2. The Morgan fingerprint density at radius 1 is 1.11 bits per heavy atom. The number of carbonyl (C=O) groups is 1. The van der Waals surface area contributed by atoms with Crippen LogP contribution in [-0.2, 0) is 11.2 Å². The highest BCUT2D eigenvalue weighted by atomic mass is 16.5. The summed E-state index contributed by atoms with van der Waals surface area (Å²) in [6, 6.07) is 5.46. The fraction of sp³-hybridized carbons (Fsp3) is 0.500. The van der Waals surface area contributed by atoms with Crippen molar-refractivity contribution in [1.29, 1.82) is 0 Å². The number of nitrogens with one attached hydrogen (secondary N) is 2. The summed E-state index contributed by atoms with van der Waals surface area (Å²) in [4.78, 5) is 27.2. The second-order valence-corrected chi connectivity index (χ2v) is 6.95. The largest absolute Gasteiger partial charge is 0.497 e. The highest BCUT2D eigenvalue weighted by Crippen LogP contribution is 2.27. The lowest BCUT2D eigenvalue weighted by molar-refractivity contribution is -0.122. The maximum absolute atomic E-state index is 12.4. The smallest absolute Gasteiger partial charge is 0.273 e. The summed E-state index contributed by atoms with van der Waals surface area (Å²) < 4.78 is 10.5. The molecule has 0 unspecified atom stereocenters. The number of aromatic nitrogens is 3. The summed E-state index contributed by atoms with van der Waals surface area (Å²) in [5.74, 6) is 1.44. The monoisotopic (exact) mass is 386 g/mol. The van der Waals surface area contributed by atoms with E-state index >= 15 is 0 Å². The lowest BCUT2D eigenvalue weighted by atomic mass is 9.95. The molecule has 0 bridgehead atoms. The molecule has 1 aliphatic rings. The van der Waals surface area contributed by atoms with Crippen LogP contribution < -0.4 is 20.3 Å². The molecule has 8 heteroatoms. The summed E-state index contributed by atoms with van der Waals surface area (Å²) in [5, 5.41) is 11.2. The fourth-order valence-electron chi connectivity index (χ4n) is 3.38. The highest BCUT2D eigenvalue weighted by molar-refractivity contribution is 5.76. The van der Waals surface area contributed by atoms with Gasteiger partial charge in [0.25, 0.3) is 5.56 Å². The first kappa shape index (κ1) is 19.9. The number of methoxy groups -OCH3 is 2. The van der Waals surface area contributed by atoms with E-state index in [1.54, 1.807) is 32.4 Å². The van der Waals surface area contributed by atoms with Crippen molar-refractivity contribution in [3.05, 3.63) is 34.2 Å². The third-order valence-electron chi connectivity index (χ3n) is 4.95. The van der Waals surface area contributed by atoms with Crippen LogP contribution in [0.1, 0.15) is 44.2 Å². The SMILES string of the molecule is COc1cc(OC)cc(-c2nnc(CCC(=O)NC3CCCCC3)c(=O)[nH]2)c1. The van der Waals surface area contributed by atoms with Crippen molar-refractivity contribution < 1.29 is 14.3 Å². The first-order chi connectivity index (χ1) is 13.6. The number of aryl methyl sites for hydroxylation is 1. The summed E-state index contributed by atoms with van der Waals surface area (Å²) in [6.07, 6.45) is 6.10. The third-order valence-corrected chi connectivity index (χ3v) is 4.95. The first-order valence-electron chi connectivity index (χ1n) is 9.57. The minimum atomic E-state index is -0.350. The van der Waals surface area contributed by atoms with E-state index in [1.165, 1.54) is 6.42 Å². The van der Waals surface area contributed by atoms with Crippen molar-refractivity contribution in [2.24, 2.45) is 0 Å². The topological polar surface area (TPSA) is 106 Å². The quantitative estimate of drug-likeness (QED) is 0.756. The zero-order chi connectivity index (χ0) is 19.9. The Bertz CT molecular complexity index is 852. The summed E-state index contributed by atoms with van der Waals surface area (Å²) in [5.41, 5.74) is 0.525. The van der Waals surface area contributed by atoms with E-state index in [0.29, 0.717) is 22.9 Å². The van der Waals surface area contributed by atoms with Gasteiger partial charge in [0.1, 0.15) is 17.2 Å². The van der Waals surface area contributed by atoms with Crippen LogP contribution in [0.4, 0.5) is 0 Å². The molecule has 1 fully saturated rings. The molecular formula is C20H26N4O4. The first-order valence-corrected chi connectivity index (χ1v) is 9.57. The van der Waals surface area contributed by atoms with Gasteiger partial charge in [-0.15, -0.1) is 10.2 Å². The molecule has 0 aliphatic heterocycles. The number of amides is 1. The Balaban J connectivity index is 1.65. The number of ether oxygens (including phenoxy) is 2. The molecule has 28 heavy (non-hydrogen) atoms. The predicted molar refractivity (Wildman–Crippen MR) is 105 cm³/mol. The second kappa shape index (κ2) is 9.34.